The fourth-order valence-corrected chi connectivity index (χ4v) is 5.07. The maximum Gasteiger partial charge on any atom is 0.243 e. The number of amides is 1. The third-order valence-corrected chi connectivity index (χ3v) is 6.66. The van der Waals surface area contributed by atoms with Crippen LogP contribution in [0.4, 0.5) is 0 Å². The largest absolute Gasteiger partial charge is 0.377 e. The smallest absolute Gasteiger partial charge is 0.243 e. The summed E-state index contributed by atoms with van der Waals surface area (Å²) in [4.78, 5) is 18.1. The lowest BCUT2D eigenvalue weighted by Gasteiger charge is -2.57. The minimum Gasteiger partial charge on any atom is -0.377 e. The number of halogens is 1. The molecule has 0 aromatic heterocycles. The maximum absolute atomic E-state index is 11.9. The molecule has 2 N–H and O–H groups in total. The van der Waals surface area contributed by atoms with Crippen molar-refractivity contribution in [2.75, 3.05) is 45.8 Å². The van der Waals surface area contributed by atoms with Crippen LogP contribution in [0.2, 0.25) is 0 Å². The predicted octanol–water partition coefficient (Wildman–Crippen LogP) is 1.94. The fraction of sp³-hybridized carbons (Fsp3) is 0.889. The number of guanidine groups is 1. The number of hydrogen-bond donors (Lipinski definition) is 2. The molecule has 3 unspecified atom stereocenters. The van der Waals surface area contributed by atoms with Crippen molar-refractivity contribution in [3.63, 3.8) is 0 Å². The molecule has 3 aliphatic rings. The Morgan fingerprint density at radius 3 is 2.73 bits per heavy atom. The van der Waals surface area contributed by atoms with E-state index in [1.165, 1.54) is 25.7 Å². The summed E-state index contributed by atoms with van der Waals surface area (Å²) in [7, 11) is 3.54. The first-order chi connectivity index (χ1) is 12.1. The van der Waals surface area contributed by atoms with Crippen molar-refractivity contribution in [1.29, 1.82) is 0 Å². The van der Waals surface area contributed by atoms with Crippen molar-refractivity contribution in [3.8, 4) is 0 Å². The summed E-state index contributed by atoms with van der Waals surface area (Å²) >= 11 is 1.81. The van der Waals surface area contributed by atoms with Gasteiger partial charge in [-0.1, -0.05) is 12.8 Å². The summed E-state index contributed by atoms with van der Waals surface area (Å²) < 4.78 is 6.07. The SMILES string of the molecule is CSCCNC(=NCC(=O)N(C)C)NC1C2CCOC2C12CCCC2.I. The Kier molecular flexibility index (Phi) is 8.33. The van der Waals surface area contributed by atoms with Gasteiger partial charge < -0.3 is 20.3 Å². The standard InChI is InChI=1S/C18H32N4O2S.HI/c1-22(2)14(23)12-20-17(19-9-11-25-3)21-15-13-6-10-24-16(13)18(15)7-4-5-8-18;/h13,15-16H,4-12H2,1-3H3,(H2,19,20,21);1H. The van der Waals surface area contributed by atoms with Gasteiger partial charge in [-0.25, -0.2) is 4.99 Å². The monoisotopic (exact) mass is 496 g/mol. The van der Waals surface area contributed by atoms with E-state index >= 15 is 0 Å². The van der Waals surface area contributed by atoms with Crippen LogP contribution in [-0.2, 0) is 9.53 Å². The highest BCUT2D eigenvalue weighted by Gasteiger charge is 2.65. The van der Waals surface area contributed by atoms with E-state index in [4.69, 9.17) is 4.74 Å². The Hall–Kier alpha value is -0.220. The molecule has 1 aliphatic heterocycles. The molecule has 0 bridgehead atoms. The summed E-state index contributed by atoms with van der Waals surface area (Å²) in [5, 5.41) is 7.10. The number of likely N-dealkylation sites (N-methyl/N-ethyl adjacent to an activating group) is 1. The van der Waals surface area contributed by atoms with E-state index in [-0.39, 0.29) is 41.8 Å². The van der Waals surface area contributed by atoms with Gasteiger partial charge in [-0.2, -0.15) is 11.8 Å². The summed E-state index contributed by atoms with van der Waals surface area (Å²) in [6, 6.07) is 0.428. The lowest BCUT2D eigenvalue weighted by molar-refractivity contribution is -0.127. The molecule has 150 valence electrons. The molecule has 26 heavy (non-hydrogen) atoms. The molecule has 8 heteroatoms. The molecule has 0 radical (unpaired) electrons. The molecule has 1 spiro atoms. The second-order valence-electron chi connectivity index (χ2n) is 7.68. The van der Waals surface area contributed by atoms with E-state index in [9.17, 15) is 4.79 Å². The van der Waals surface area contributed by atoms with E-state index in [0.717, 1.165) is 31.3 Å². The van der Waals surface area contributed by atoms with E-state index in [1.807, 2.05) is 0 Å². The first-order valence-electron chi connectivity index (χ1n) is 9.44. The fourth-order valence-electron chi connectivity index (χ4n) is 4.76. The van der Waals surface area contributed by atoms with Gasteiger partial charge in [0.1, 0.15) is 6.54 Å². The number of hydrogen-bond acceptors (Lipinski definition) is 4. The first kappa shape index (κ1) is 22.1. The van der Waals surface area contributed by atoms with Crippen LogP contribution in [0.3, 0.4) is 0 Å². The highest BCUT2D eigenvalue weighted by Crippen LogP contribution is 2.60. The van der Waals surface area contributed by atoms with Crippen LogP contribution in [0.5, 0.6) is 0 Å². The topological polar surface area (TPSA) is 66.0 Å². The number of carbonyl (C=O) groups excluding carboxylic acids is 1. The zero-order valence-corrected chi connectivity index (χ0v) is 19.3. The molecule has 2 saturated carbocycles. The van der Waals surface area contributed by atoms with Gasteiger partial charge in [-0.15, -0.1) is 24.0 Å². The molecule has 0 aromatic carbocycles. The van der Waals surface area contributed by atoms with Crippen molar-refractivity contribution in [1.82, 2.24) is 15.5 Å². The highest BCUT2D eigenvalue weighted by atomic mass is 127. The van der Waals surface area contributed by atoms with Gasteiger partial charge in [0.25, 0.3) is 0 Å². The average Bonchev–Trinajstić information content (AvgIpc) is 3.24. The second kappa shape index (κ2) is 9.82. The average molecular weight is 496 g/mol. The Balaban J connectivity index is 0.00000243. The molecule has 2 aliphatic carbocycles. The van der Waals surface area contributed by atoms with Crippen molar-refractivity contribution in [2.45, 2.75) is 44.2 Å². The van der Waals surface area contributed by atoms with E-state index in [1.54, 1.807) is 30.8 Å². The number of carbonyl (C=O) groups is 1. The zero-order valence-electron chi connectivity index (χ0n) is 16.1. The quantitative estimate of drug-likeness (QED) is 0.255. The number of nitrogens with one attached hydrogen (secondary N) is 2. The number of rotatable bonds is 6. The normalized spacial score (nSPS) is 28.9. The Bertz CT molecular complexity index is 511. The van der Waals surface area contributed by atoms with Gasteiger partial charge in [0, 0.05) is 50.4 Å². The molecular weight excluding hydrogens is 463 g/mol. The second-order valence-corrected chi connectivity index (χ2v) is 8.66. The Labute approximate surface area is 178 Å². The number of fused-ring (bicyclic) bond motifs is 2. The molecule has 1 amide bonds. The number of thioether (sulfide) groups is 1. The first-order valence-corrected chi connectivity index (χ1v) is 10.8. The van der Waals surface area contributed by atoms with Crippen LogP contribution in [0, 0.1) is 11.3 Å². The van der Waals surface area contributed by atoms with Crippen LogP contribution < -0.4 is 10.6 Å². The van der Waals surface area contributed by atoms with Gasteiger partial charge in [-0.05, 0) is 25.5 Å². The number of aliphatic imine (C=N–C) groups is 1. The van der Waals surface area contributed by atoms with Gasteiger partial charge in [0.2, 0.25) is 5.91 Å². The summed E-state index contributed by atoms with van der Waals surface area (Å²) in [5.41, 5.74) is 0.286. The molecule has 3 atom stereocenters. The molecule has 0 aromatic rings. The Morgan fingerprint density at radius 1 is 1.35 bits per heavy atom. The van der Waals surface area contributed by atoms with E-state index in [2.05, 4.69) is 21.9 Å². The Morgan fingerprint density at radius 2 is 2.08 bits per heavy atom. The third kappa shape index (κ3) is 4.43. The van der Waals surface area contributed by atoms with Gasteiger partial charge in [0.15, 0.2) is 5.96 Å². The summed E-state index contributed by atoms with van der Waals surface area (Å²) in [6.45, 7) is 1.93. The van der Waals surface area contributed by atoms with Gasteiger partial charge in [0.05, 0.1) is 6.10 Å². The van der Waals surface area contributed by atoms with Crippen LogP contribution in [-0.4, -0.2) is 74.7 Å². The molecular formula is C18H33IN4O2S. The molecule has 3 rings (SSSR count). The van der Waals surface area contributed by atoms with Crippen LogP contribution in [0.1, 0.15) is 32.1 Å². The third-order valence-electron chi connectivity index (χ3n) is 6.05. The number of ether oxygens (including phenoxy) is 1. The van der Waals surface area contributed by atoms with Crippen molar-refractivity contribution >= 4 is 47.6 Å². The summed E-state index contributed by atoms with van der Waals surface area (Å²) in [6.07, 6.45) is 8.77. The molecule has 1 heterocycles. The van der Waals surface area contributed by atoms with Gasteiger partial charge >= 0.3 is 0 Å². The van der Waals surface area contributed by atoms with Crippen molar-refractivity contribution in [3.05, 3.63) is 0 Å². The predicted molar refractivity (Wildman–Crippen MR) is 118 cm³/mol. The minimum absolute atomic E-state index is 0. The van der Waals surface area contributed by atoms with Gasteiger partial charge in [-0.3, -0.25) is 4.79 Å². The molecule has 3 fully saturated rings. The van der Waals surface area contributed by atoms with E-state index in [0.29, 0.717) is 18.1 Å². The number of nitrogens with zero attached hydrogens (tertiary/aromatic N) is 2. The zero-order chi connectivity index (χ0) is 17.9. The van der Waals surface area contributed by atoms with Crippen LogP contribution >= 0.6 is 35.7 Å². The maximum atomic E-state index is 11.9. The van der Waals surface area contributed by atoms with Crippen LogP contribution in [0.25, 0.3) is 0 Å². The van der Waals surface area contributed by atoms with Crippen LogP contribution in [0.15, 0.2) is 4.99 Å². The van der Waals surface area contributed by atoms with Crippen molar-refractivity contribution in [2.24, 2.45) is 16.3 Å². The summed E-state index contributed by atoms with van der Waals surface area (Å²) in [5.74, 6) is 2.42. The highest BCUT2D eigenvalue weighted by molar-refractivity contribution is 14.0. The van der Waals surface area contributed by atoms with Crippen molar-refractivity contribution < 1.29 is 9.53 Å². The molecule has 6 nitrogen and oxygen atoms in total. The lowest BCUT2D eigenvalue weighted by Crippen LogP contribution is -2.69. The lowest BCUT2D eigenvalue weighted by atomic mass is 9.54. The van der Waals surface area contributed by atoms with E-state index < -0.39 is 0 Å². The molecule has 1 saturated heterocycles. The minimum atomic E-state index is 0.